The van der Waals surface area contributed by atoms with Crippen molar-refractivity contribution >= 4 is 11.6 Å². The van der Waals surface area contributed by atoms with Crippen LogP contribution in [0.3, 0.4) is 0 Å². The molecule has 0 radical (unpaired) electrons. The number of carbonyl (C=O) groups excluding carboxylic acids is 1. The van der Waals surface area contributed by atoms with E-state index in [0.717, 1.165) is 36.9 Å². The summed E-state index contributed by atoms with van der Waals surface area (Å²) < 4.78 is 17.6. The van der Waals surface area contributed by atoms with Crippen LogP contribution < -0.4 is 24.4 Å². The summed E-state index contributed by atoms with van der Waals surface area (Å²) in [4.78, 5) is 14.7. The second kappa shape index (κ2) is 8.19. The van der Waals surface area contributed by atoms with Gasteiger partial charge in [0.25, 0.3) is 5.91 Å². The van der Waals surface area contributed by atoms with Crippen molar-refractivity contribution < 1.29 is 19.0 Å². The molecule has 0 aromatic heterocycles. The Morgan fingerprint density at radius 1 is 0.967 bits per heavy atom. The largest absolute Gasteiger partial charge is 0.493 e. The van der Waals surface area contributed by atoms with Crippen LogP contribution in [-0.4, -0.2) is 44.9 Å². The molecule has 1 saturated carbocycles. The number of methoxy groups -OCH3 is 1. The molecule has 2 heterocycles. The van der Waals surface area contributed by atoms with Crippen LogP contribution in [0.5, 0.6) is 17.2 Å². The third-order valence-corrected chi connectivity index (χ3v) is 6.13. The molecule has 2 saturated heterocycles. The third-order valence-electron chi connectivity index (χ3n) is 6.13. The first-order valence-electron chi connectivity index (χ1n) is 10.8. The summed E-state index contributed by atoms with van der Waals surface area (Å²) in [6, 6.07) is 13.9. The fourth-order valence-electron chi connectivity index (χ4n) is 4.25. The van der Waals surface area contributed by atoms with E-state index in [1.165, 1.54) is 18.4 Å². The number of nitrogens with zero attached hydrogens (tertiary/aromatic N) is 1. The van der Waals surface area contributed by atoms with E-state index in [4.69, 9.17) is 14.2 Å². The van der Waals surface area contributed by atoms with E-state index < -0.39 is 6.10 Å². The van der Waals surface area contributed by atoms with Crippen molar-refractivity contribution in [2.24, 2.45) is 0 Å². The molecule has 5 rings (SSSR count). The zero-order chi connectivity index (χ0) is 20.5. The fraction of sp³-hybridized carbons (Fsp3) is 0.458. The molecule has 2 atom stereocenters. The number of rotatable bonds is 7. The molecule has 1 amide bonds. The standard InChI is InChI=1S/C24H28N2O4/c1-28-23-14-18(6-9-21(23)30-20-10-12-25-15-20)26-13-11-22(24(26)27)29-19-7-4-17(5-8-19)16-2-3-16/h4-9,14,16,20,22,25H,2-3,10-13,15H2,1H3. The summed E-state index contributed by atoms with van der Waals surface area (Å²) >= 11 is 0. The van der Waals surface area contributed by atoms with Gasteiger partial charge in [-0.25, -0.2) is 0 Å². The second-order valence-electron chi connectivity index (χ2n) is 8.30. The zero-order valence-corrected chi connectivity index (χ0v) is 17.3. The molecule has 2 aromatic carbocycles. The minimum atomic E-state index is -0.455. The molecule has 2 aromatic rings. The Labute approximate surface area is 177 Å². The highest BCUT2D eigenvalue weighted by atomic mass is 16.5. The topological polar surface area (TPSA) is 60.0 Å². The van der Waals surface area contributed by atoms with Crippen LogP contribution in [0.2, 0.25) is 0 Å². The highest BCUT2D eigenvalue weighted by molar-refractivity contribution is 5.99. The maximum Gasteiger partial charge on any atom is 0.268 e. The van der Waals surface area contributed by atoms with Gasteiger partial charge < -0.3 is 24.4 Å². The van der Waals surface area contributed by atoms with E-state index in [-0.39, 0.29) is 12.0 Å². The number of amides is 1. The summed E-state index contributed by atoms with van der Waals surface area (Å²) in [6.45, 7) is 2.44. The molecule has 0 bridgehead atoms. The van der Waals surface area contributed by atoms with E-state index in [2.05, 4.69) is 17.4 Å². The van der Waals surface area contributed by atoms with Gasteiger partial charge in [0.05, 0.1) is 7.11 Å². The summed E-state index contributed by atoms with van der Waals surface area (Å²) in [6.07, 6.45) is 3.90. The van der Waals surface area contributed by atoms with Crippen molar-refractivity contribution in [3.05, 3.63) is 48.0 Å². The van der Waals surface area contributed by atoms with Crippen LogP contribution in [-0.2, 0) is 4.79 Å². The maximum absolute atomic E-state index is 13.0. The third kappa shape index (κ3) is 3.97. The van der Waals surface area contributed by atoms with Crippen molar-refractivity contribution in [3.8, 4) is 17.2 Å². The van der Waals surface area contributed by atoms with Crippen LogP contribution in [0.4, 0.5) is 5.69 Å². The minimum Gasteiger partial charge on any atom is -0.493 e. The van der Waals surface area contributed by atoms with Crippen LogP contribution in [0.15, 0.2) is 42.5 Å². The normalized spacial score (nSPS) is 23.6. The molecular weight excluding hydrogens is 380 g/mol. The van der Waals surface area contributed by atoms with Gasteiger partial charge in [-0.2, -0.15) is 0 Å². The Morgan fingerprint density at radius 2 is 1.80 bits per heavy atom. The number of hydrogen-bond donors (Lipinski definition) is 1. The summed E-state index contributed by atoms with van der Waals surface area (Å²) in [5.41, 5.74) is 2.17. The average molecular weight is 408 g/mol. The Balaban J connectivity index is 1.25. The van der Waals surface area contributed by atoms with Crippen molar-refractivity contribution in [3.63, 3.8) is 0 Å². The van der Waals surface area contributed by atoms with Crippen molar-refractivity contribution in [1.82, 2.24) is 5.32 Å². The molecule has 2 unspecified atom stereocenters. The quantitative estimate of drug-likeness (QED) is 0.760. The van der Waals surface area contributed by atoms with Crippen molar-refractivity contribution in [2.75, 3.05) is 31.6 Å². The summed E-state index contributed by atoms with van der Waals surface area (Å²) in [5, 5.41) is 3.30. The second-order valence-corrected chi connectivity index (χ2v) is 8.30. The molecule has 158 valence electrons. The molecule has 1 N–H and O–H groups in total. The van der Waals surface area contributed by atoms with E-state index >= 15 is 0 Å². The molecule has 1 aliphatic carbocycles. The summed E-state index contributed by atoms with van der Waals surface area (Å²) in [5.74, 6) is 2.81. The predicted octanol–water partition coefficient (Wildman–Crippen LogP) is 3.50. The van der Waals surface area contributed by atoms with E-state index in [1.807, 2.05) is 30.3 Å². The number of hydrogen-bond acceptors (Lipinski definition) is 5. The van der Waals surface area contributed by atoms with Crippen LogP contribution in [0.25, 0.3) is 0 Å². The monoisotopic (exact) mass is 408 g/mol. The average Bonchev–Trinajstić information content (AvgIpc) is 3.39. The first-order chi connectivity index (χ1) is 14.7. The molecule has 3 fully saturated rings. The fourth-order valence-corrected chi connectivity index (χ4v) is 4.25. The van der Waals surface area contributed by atoms with E-state index in [1.54, 1.807) is 12.0 Å². The molecular formula is C24H28N2O4. The Kier molecular flexibility index (Phi) is 5.25. The van der Waals surface area contributed by atoms with Gasteiger partial charge in [-0.05, 0) is 61.6 Å². The van der Waals surface area contributed by atoms with Gasteiger partial charge >= 0.3 is 0 Å². The lowest BCUT2D eigenvalue weighted by Gasteiger charge is -2.20. The van der Waals surface area contributed by atoms with Gasteiger partial charge in [-0.15, -0.1) is 0 Å². The van der Waals surface area contributed by atoms with Crippen LogP contribution >= 0.6 is 0 Å². The maximum atomic E-state index is 13.0. The van der Waals surface area contributed by atoms with Gasteiger partial charge in [-0.1, -0.05) is 12.1 Å². The van der Waals surface area contributed by atoms with Crippen LogP contribution in [0.1, 0.15) is 37.2 Å². The van der Waals surface area contributed by atoms with Gasteiger partial charge in [0.15, 0.2) is 17.6 Å². The smallest absolute Gasteiger partial charge is 0.268 e. The zero-order valence-electron chi connectivity index (χ0n) is 17.3. The Bertz CT molecular complexity index is 904. The lowest BCUT2D eigenvalue weighted by atomic mass is 10.1. The minimum absolute atomic E-state index is 0.0167. The van der Waals surface area contributed by atoms with Gasteiger partial charge in [0, 0.05) is 31.3 Å². The van der Waals surface area contributed by atoms with Crippen molar-refractivity contribution in [1.29, 1.82) is 0 Å². The molecule has 2 aliphatic heterocycles. The first kappa shape index (κ1) is 19.2. The summed E-state index contributed by atoms with van der Waals surface area (Å²) in [7, 11) is 1.63. The molecule has 6 heteroatoms. The van der Waals surface area contributed by atoms with Gasteiger partial charge in [0.1, 0.15) is 11.9 Å². The predicted molar refractivity (Wildman–Crippen MR) is 115 cm³/mol. The van der Waals surface area contributed by atoms with Gasteiger partial charge in [0.2, 0.25) is 0 Å². The number of ether oxygens (including phenoxy) is 3. The van der Waals surface area contributed by atoms with Crippen molar-refractivity contribution in [2.45, 2.75) is 43.8 Å². The Morgan fingerprint density at radius 3 is 2.50 bits per heavy atom. The molecule has 6 nitrogen and oxygen atoms in total. The Hall–Kier alpha value is -2.73. The van der Waals surface area contributed by atoms with E-state index in [9.17, 15) is 4.79 Å². The first-order valence-corrected chi connectivity index (χ1v) is 10.8. The highest BCUT2D eigenvalue weighted by Gasteiger charge is 2.35. The lowest BCUT2D eigenvalue weighted by Crippen LogP contribution is -2.32. The number of benzene rings is 2. The SMILES string of the molecule is COc1cc(N2CCC(Oc3ccc(C4CC4)cc3)C2=O)ccc1OC1CCNC1. The number of carbonyl (C=O) groups is 1. The molecule has 0 spiro atoms. The number of anilines is 1. The molecule has 30 heavy (non-hydrogen) atoms. The molecule has 3 aliphatic rings. The number of nitrogens with one attached hydrogen (secondary N) is 1. The van der Waals surface area contributed by atoms with Gasteiger partial charge in [-0.3, -0.25) is 4.79 Å². The van der Waals surface area contributed by atoms with Crippen LogP contribution in [0, 0.1) is 0 Å². The van der Waals surface area contributed by atoms with E-state index in [0.29, 0.717) is 24.5 Å². The lowest BCUT2D eigenvalue weighted by molar-refractivity contribution is -0.122. The highest BCUT2D eigenvalue weighted by Crippen LogP contribution is 2.40.